The van der Waals surface area contributed by atoms with E-state index in [1.54, 1.807) is 12.1 Å². The molecule has 82 valence electrons. The highest BCUT2D eigenvalue weighted by Gasteiger charge is 2.43. The smallest absolute Gasteiger partial charge is 0.258 e. The monoisotopic (exact) mass is 280 g/mol. The molecule has 0 spiro atoms. The molecular weight excluding hydrogens is 272 g/mol. The first-order valence-electron chi connectivity index (χ1n) is 4.95. The van der Waals surface area contributed by atoms with Crippen LogP contribution in [-0.2, 0) is 5.41 Å². The van der Waals surface area contributed by atoms with Gasteiger partial charge in [-0.25, -0.2) is 0 Å². The van der Waals surface area contributed by atoms with Crippen molar-refractivity contribution in [1.82, 2.24) is 0 Å². The molecule has 4 nitrogen and oxygen atoms in total. The lowest BCUT2D eigenvalue weighted by Gasteiger charge is -2.35. The molecule has 0 atom stereocenters. The Morgan fingerprint density at radius 3 is 2.62 bits per heavy atom. The minimum absolute atomic E-state index is 0.0376. The van der Waals surface area contributed by atoms with Crippen molar-refractivity contribution in [3.63, 3.8) is 0 Å². The van der Waals surface area contributed by atoms with Gasteiger partial charge >= 0.3 is 0 Å². The Bertz CT molecular complexity index is 489. The maximum absolute atomic E-state index is 11.0. The number of nitro benzene ring substituents is 1. The second-order valence-corrected chi connectivity index (χ2v) is 4.88. The number of halogens is 1. The summed E-state index contributed by atoms with van der Waals surface area (Å²) in [5.41, 5.74) is -0.0478. The van der Waals surface area contributed by atoms with Crippen LogP contribution in [0.15, 0.2) is 22.7 Å². The molecule has 2 rings (SSSR count). The van der Waals surface area contributed by atoms with E-state index in [-0.39, 0.29) is 5.69 Å². The lowest BCUT2D eigenvalue weighted by atomic mass is 9.65. The fourth-order valence-electron chi connectivity index (χ4n) is 2.03. The third kappa shape index (κ3) is 1.59. The lowest BCUT2D eigenvalue weighted by molar-refractivity contribution is -0.386. The van der Waals surface area contributed by atoms with Crippen LogP contribution in [0.2, 0.25) is 0 Å². The SMILES string of the molecule is N#CC1(c2ccc(Br)cc2[N+](=O)[O-])CCC1. The normalized spacial score (nSPS) is 17.2. The number of nitriles is 1. The van der Waals surface area contributed by atoms with Crippen molar-refractivity contribution >= 4 is 21.6 Å². The van der Waals surface area contributed by atoms with Crippen LogP contribution in [0.5, 0.6) is 0 Å². The fraction of sp³-hybridized carbons (Fsp3) is 0.364. The van der Waals surface area contributed by atoms with Crippen molar-refractivity contribution in [2.24, 2.45) is 0 Å². The van der Waals surface area contributed by atoms with Gasteiger partial charge in [-0.15, -0.1) is 0 Å². The number of rotatable bonds is 2. The third-order valence-corrected chi connectivity index (χ3v) is 3.59. The fourth-order valence-corrected chi connectivity index (χ4v) is 2.38. The van der Waals surface area contributed by atoms with Crippen molar-refractivity contribution < 1.29 is 4.92 Å². The van der Waals surface area contributed by atoms with Crippen LogP contribution in [0.4, 0.5) is 5.69 Å². The highest BCUT2D eigenvalue weighted by atomic mass is 79.9. The van der Waals surface area contributed by atoms with E-state index < -0.39 is 10.3 Å². The zero-order valence-corrected chi connectivity index (χ0v) is 10.0. The quantitative estimate of drug-likeness (QED) is 0.617. The molecule has 1 aliphatic carbocycles. The molecule has 1 aromatic carbocycles. The van der Waals surface area contributed by atoms with Gasteiger partial charge in [0.05, 0.1) is 22.0 Å². The van der Waals surface area contributed by atoms with Crippen molar-refractivity contribution in [1.29, 1.82) is 5.26 Å². The number of hydrogen-bond donors (Lipinski definition) is 0. The maximum atomic E-state index is 11.0. The summed E-state index contributed by atoms with van der Waals surface area (Å²) in [5.74, 6) is 0. The molecule has 0 saturated heterocycles. The van der Waals surface area contributed by atoms with Crippen LogP contribution in [0.3, 0.4) is 0 Å². The minimum Gasteiger partial charge on any atom is -0.258 e. The Labute approximate surface area is 101 Å². The minimum atomic E-state index is -0.636. The van der Waals surface area contributed by atoms with Crippen molar-refractivity contribution in [3.8, 4) is 6.07 Å². The molecule has 0 aliphatic heterocycles. The Morgan fingerprint density at radius 2 is 2.19 bits per heavy atom. The van der Waals surface area contributed by atoms with Crippen molar-refractivity contribution in [2.45, 2.75) is 24.7 Å². The number of nitrogens with zero attached hydrogens (tertiary/aromatic N) is 2. The van der Waals surface area contributed by atoms with E-state index in [0.29, 0.717) is 22.9 Å². The summed E-state index contributed by atoms with van der Waals surface area (Å²) in [6.45, 7) is 0. The first-order valence-corrected chi connectivity index (χ1v) is 5.74. The molecule has 1 aliphatic rings. The van der Waals surface area contributed by atoms with Gasteiger partial charge in [-0.05, 0) is 31.4 Å². The Morgan fingerprint density at radius 1 is 1.50 bits per heavy atom. The summed E-state index contributed by atoms with van der Waals surface area (Å²) in [7, 11) is 0. The van der Waals surface area contributed by atoms with Gasteiger partial charge in [0, 0.05) is 10.5 Å². The second-order valence-electron chi connectivity index (χ2n) is 3.97. The van der Waals surface area contributed by atoms with Crippen LogP contribution in [-0.4, -0.2) is 4.92 Å². The van der Waals surface area contributed by atoms with E-state index in [0.717, 1.165) is 6.42 Å². The Hall–Kier alpha value is -1.41. The Balaban J connectivity index is 2.57. The average Bonchev–Trinajstić information content (AvgIpc) is 2.19. The van der Waals surface area contributed by atoms with E-state index in [1.807, 2.05) is 0 Å². The molecule has 0 radical (unpaired) electrons. The summed E-state index contributed by atoms with van der Waals surface area (Å²) in [6.07, 6.45) is 2.39. The molecule has 1 fully saturated rings. The van der Waals surface area contributed by atoms with Crippen LogP contribution < -0.4 is 0 Å². The Kier molecular flexibility index (Phi) is 2.68. The second kappa shape index (κ2) is 3.87. The van der Waals surface area contributed by atoms with E-state index >= 15 is 0 Å². The van der Waals surface area contributed by atoms with Crippen LogP contribution in [0, 0.1) is 21.4 Å². The van der Waals surface area contributed by atoms with Gasteiger partial charge in [0.25, 0.3) is 5.69 Å². The van der Waals surface area contributed by atoms with E-state index in [2.05, 4.69) is 22.0 Å². The van der Waals surface area contributed by atoms with Gasteiger partial charge in [0.1, 0.15) is 0 Å². The first kappa shape index (κ1) is 11.1. The molecule has 0 bridgehead atoms. The van der Waals surface area contributed by atoms with Crippen LogP contribution in [0.25, 0.3) is 0 Å². The van der Waals surface area contributed by atoms with E-state index in [1.165, 1.54) is 6.07 Å². The van der Waals surface area contributed by atoms with Gasteiger partial charge in [0.2, 0.25) is 0 Å². The van der Waals surface area contributed by atoms with Gasteiger partial charge in [0.15, 0.2) is 0 Å². The molecule has 0 heterocycles. The van der Waals surface area contributed by atoms with Gasteiger partial charge < -0.3 is 0 Å². The predicted molar refractivity (Wildman–Crippen MR) is 61.9 cm³/mol. The summed E-state index contributed by atoms with van der Waals surface area (Å²) >= 11 is 3.21. The molecule has 16 heavy (non-hydrogen) atoms. The molecular formula is C11H9BrN2O2. The van der Waals surface area contributed by atoms with Gasteiger partial charge in [-0.3, -0.25) is 10.1 Å². The highest BCUT2D eigenvalue weighted by molar-refractivity contribution is 9.10. The van der Waals surface area contributed by atoms with Crippen LogP contribution >= 0.6 is 15.9 Å². The zero-order valence-electron chi connectivity index (χ0n) is 8.44. The van der Waals surface area contributed by atoms with E-state index in [9.17, 15) is 15.4 Å². The highest BCUT2D eigenvalue weighted by Crippen LogP contribution is 2.46. The molecule has 0 N–H and O–H groups in total. The van der Waals surface area contributed by atoms with Gasteiger partial charge in [-0.2, -0.15) is 5.26 Å². The van der Waals surface area contributed by atoms with Crippen molar-refractivity contribution in [3.05, 3.63) is 38.3 Å². The average molecular weight is 281 g/mol. The molecule has 1 aromatic rings. The summed E-state index contributed by atoms with van der Waals surface area (Å²) in [5, 5.41) is 20.1. The summed E-state index contributed by atoms with van der Waals surface area (Å²) < 4.78 is 0.662. The zero-order chi connectivity index (χ0) is 11.8. The summed E-state index contributed by atoms with van der Waals surface area (Å²) in [6, 6.07) is 7.13. The van der Waals surface area contributed by atoms with Gasteiger partial charge in [-0.1, -0.05) is 15.9 Å². The number of benzene rings is 1. The largest absolute Gasteiger partial charge is 0.275 e. The maximum Gasteiger partial charge on any atom is 0.275 e. The molecule has 0 unspecified atom stereocenters. The molecule has 5 heteroatoms. The number of hydrogen-bond acceptors (Lipinski definition) is 3. The topological polar surface area (TPSA) is 66.9 Å². The third-order valence-electron chi connectivity index (χ3n) is 3.09. The lowest BCUT2D eigenvalue weighted by Crippen LogP contribution is -2.33. The first-order chi connectivity index (χ1) is 7.59. The van der Waals surface area contributed by atoms with E-state index in [4.69, 9.17) is 0 Å². The van der Waals surface area contributed by atoms with Crippen molar-refractivity contribution in [2.75, 3.05) is 0 Å². The molecule has 0 aromatic heterocycles. The van der Waals surface area contributed by atoms with Crippen LogP contribution in [0.1, 0.15) is 24.8 Å². The standard InChI is InChI=1S/C11H9BrN2O2/c12-8-2-3-9(10(6-8)14(15)16)11(7-13)4-1-5-11/h2-3,6H,1,4-5H2. The molecule has 1 saturated carbocycles. The molecule has 0 amide bonds. The summed E-state index contributed by atoms with van der Waals surface area (Å²) in [4.78, 5) is 10.5. The number of nitro groups is 1. The predicted octanol–water partition coefficient (Wildman–Crippen LogP) is 3.30.